The van der Waals surface area contributed by atoms with Crippen molar-refractivity contribution in [2.45, 2.75) is 12.8 Å². The molecule has 124 valence electrons. The Labute approximate surface area is 147 Å². The molecule has 0 saturated carbocycles. The minimum atomic E-state index is -3.43. The highest BCUT2D eigenvalue weighted by molar-refractivity contribution is 7.92. The maximum atomic E-state index is 11.9. The number of nitrogens with one attached hydrogen (secondary N) is 2. The lowest BCUT2D eigenvalue weighted by Gasteiger charge is -2.04. The van der Waals surface area contributed by atoms with Gasteiger partial charge in [-0.2, -0.15) is 0 Å². The zero-order valence-corrected chi connectivity index (χ0v) is 15.0. The first-order chi connectivity index (χ1) is 10.7. The third-order valence-corrected chi connectivity index (χ3v) is 4.61. The quantitative estimate of drug-likeness (QED) is 0.783. The predicted octanol–water partition coefficient (Wildman–Crippen LogP) is 2.79. The van der Waals surface area contributed by atoms with E-state index in [9.17, 15) is 13.2 Å². The zero-order chi connectivity index (χ0) is 17.0. The van der Waals surface area contributed by atoms with E-state index in [1.807, 2.05) is 0 Å². The largest absolute Gasteiger partial charge is 0.300 e. The number of amides is 1. The topological polar surface area (TPSA) is 101 Å². The molecule has 0 bridgehead atoms. The van der Waals surface area contributed by atoms with E-state index in [4.69, 9.17) is 23.2 Å². The van der Waals surface area contributed by atoms with Crippen molar-refractivity contribution >= 4 is 60.7 Å². The van der Waals surface area contributed by atoms with Crippen LogP contribution in [-0.2, 0) is 21.2 Å². The summed E-state index contributed by atoms with van der Waals surface area (Å²) in [5.74, 6) is -0.280. The van der Waals surface area contributed by atoms with Gasteiger partial charge in [-0.1, -0.05) is 40.6 Å². The summed E-state index contributed by atoms with van der Waals surface area (Å²) in [6, 6.07) is 5.08. The number of hydrogen-bond donors (Lipinski definition) is 2. The SMILES string of the molecule is CS(=O)(=O)Nc1nnc(NC(=O)CCc2ccc(Cl)cc2Cl)s1. The summed E-state index contributed by atoms with van der Waals surface area (Å²) < 4.78 is 24.3. The summed E-state index contributed by atoms with van der Waals surface area (Å²) in [5, 5.41) is 11.2. The van der Waals surface area contributed by atoms with E-state index in [1.165, 1.54) is 0 Å². The van der Waals surface area contributed by atoms with Crippen molar-refractivity contribution in [2.75, 3.05) is 16.3 Å². The first-order valence-corrected chi connectivity index (χ1v) is 9.74. The molecular formula is C12H12Cl2N4O3S2. The molecule has 0 fully saturated rings. The van der Waals surface area contributed by atoms with Crippen molar-refractivity contribution < 1.29 is 13.2 Å². The van der Waals surface area contributed by atoms with Crippen LogP contribution in [0.5, 0.6) is 0 Å². The normalized spacial score (nSPS) is 11.3. The van der Waals surface area contributed by atoms with Gasteiger partial charge in [0.15, 0.2) is 0 Å². The van der Waals surface area contributed by atoms with Crippen LogP contribution in [0.3, 0.4) is 0 Å². The number of anilines is 2. The first-order valence-electron chi connectivity index (χ1n) is 6.28. The minimum absolute atomic E-state index is 0.0866. The fourth-order valence-electron chi connectivity index (χ4n) is 1.63. The van der Waals surface area contributed by atoms with Gasteiger partial charge in [0, 0.05) is 16.5 Å². The predicted molar refractivity (Wildman–Crippen MR) is 91.8 cm³/mol. The summed E-state index contributed by atoms with van der Waals surface area (Å²) in [4.78, 5) is 11.9. The highest BCUT2D eigenvalue weighted by atomic mass is 35.5. The monoisotopic (exact) mass is 394 g/mol. The van der Waals surface area contributed by atoms with Gasteiger partial charge in [-0.3, -0.25) is 9.52 Å². The molecule has 2 rings (SSSR count). The van der Waals surface area contributed by atoms with Crippen LogP contribution in [-0.4, -0.2) is 30.8 Å². The molecule has 0 atom stereocenters. The van der Waals surface area contributed by atoms with Crippen molar-refractivity contribution in [1.29, 1.82) is 0 Å². The number of aryl methyl sites for hydroxylation is 1. The van der Waals surface area contributed by atoms with Crippen molar-refractivity contribution in [2.24, 2.45) is 0 Å². The number of hydrogen-bond acceptors (Lipinski definition) is 6. The molecule has 1 aromatic heterocycles. The van der Waals surface area contributed by atoms with Gasteiger partial charge in [0.05, 0.1) is 6.26 Å². The molecule has 1 amide bonds. The van der Waals surface area contributed by atoms with Gasteiger partial charge in [0.25, 0.3) is 0 Å². The number of aromatic nitrogens is 2. The highest BCUT2D eigenvalue weighted by Crippen LogP contribution is 2.23. The smallest absolute Gasteiger partial charge is 0.231 e. The number of rotatable bonds is 6. The Morgan fingerprint density at radius 1 is 1.26 bits per heavy atom. The van der Waals surface area contributed by atoms with Crippen molar-refractivity contribution in [3.05, 3.63) is 33.8 Å². The third-order valence-electron chi connectivity index (χ3n) is 2.58. The molecule has 0 saturated heterocycles. The molecule has 0 aliphatic carbocycles. The fraction of sp³-hybridized carbons (Fsp3) is 0.250. The zero-order valence-electron chi connectivity index (χ0n) is 11.8. The molecule has 11 heteroatoms. The number of carbonyl (C=O) groups is 1. The Balaban J connectivity index is 1.90. The van der Waals surface area contributed by atoms with Crippen LogP contribution >= 0.6 is 34.5 Å². The first kappa shape index (κ1) is 17.9. The summed E-state index contributed by atoms with van der Waals surface area (Å²) in [5.41, 5.74) is 0.808. The lowest BCUT2D eigenvalue weighted by atomic mass is 10.1. The van der Waals surface area contributed by atoms with Gasteiger partial charge >= 0.3 is 0 Å². The molecule has 0 radical (unpaired) electrons. The number of carbonyl (C=O) groups excluding carboxylic acids is 1. The lowest BCUT2D eigenvalue weighted by Crippen LogP contribution is -2.12. The van der Waals surface area contributed by atoms with Gasteiger partial charge in [-0.25, -0.2) is 8.42 Å². The van der Waals surface area contributed by atoms with Crippen LogP contribution in [0, 0.1) is 0 Å². The lowest BCUT2D eigenvalue weighted by molar-refractivity contribution is -0.116. The van der Waals surface area contributed by atoms with Crippen molar-refractivity contribution in [3.8, 4) is 0 Å². The number of nitrogens with zero attached hydrogens (tertiary/aromatic N) is 2. The van der Waals surface area contributed by atoms with E-state index < -0.39 is 10.0 Å². The van der Waals surface area contributed by atoms with E-state index in [2.05, 4.69) is 20.2 Å². The second-order valence-corrected chi connectivity index (χ2v) is 8.14. The minimum Gasteiger partial charge on any atom is -0.300 e. The Hall–Kier alpha value is -1.42. The van der Waals surface area contributed by atoms with Crippen LogP contribution in [0.2, 0.25) is 10.0 Å². The van der Waals surface area contributed by atoms with Crippen LogP contribution in [0.4, 0.5) is 10.3 Å². The van der Waals surface area contributed by atoms with Crippen molar-refractivity contribution in [1.82, 2.24) is 10.2 Å². The van der Waals surface area contributed by atoms with Gasteiger partial charge in [-0.05, 0) is 24.1 Å². The van der Waals surface area contributed by atoms with E-state index in [0.29, 0.717) is 16.5 Å². The molecule has 7 nitrogen and oxygen atoms in total. The maximum Gasteiger partial charge on any atom is 0.231 e. The molecule has 0 unspecified atom stereocenters. The van der Waals surface area contributed by atoms with Crippen molar-refractivity contribution in [3.63, 3.8) is 0 Å². The van der Waals surface area contributed by atoms with E-state index in [0.717, 1.165) is 23.2 Å². The van der Waals surface area contributed by atoms with Crippen LogP contribution in [0.1, 0.15) is 12.0 Å². The van der Waals surface area contributed by atoms with Crippen LogP contribution in [0.15, 0.2) is 18.2 Å². The van der Waals surface area contributed by atoms with Gasteiger partial charge in [0.1, 0.15) is 0 Å². The van der Waals surface area contributed by atoms with Gasteiger partial charge < -0.3 is 5.32 Å². The second-order valence-electron chi connectivity index (χ2n) is 4.57. The molecule has 1 aromatic carbocycles. The van der Waals surface area contributed by atoms with E-state index in [1.54, 1.807) is 18.2 Å². The molecule has 23 heavy (non-hydrogen) atoms. The average Bonchev–Trinajstić information content (AvgIpc) is 2.82. The molecule has 1 heterocycles. The van der Waals surface area contributed by atoms with E-state index >= 15 is 0 Å². The number of halogens is 2. The maximum absolute atomic E-state index is 11.9. The van der Waals surface area contributed by atoms with Crippen LogP contribution < -0.4 is 10.0 Å². The molecule has 2 N–H and O–H groups in total. The summed E-state index contributed by atoms with van der Waals surface area (Å²) in [6.45, 7) is 0. The average molecular weight is 395 g/mol. The van der Waals surface area contributed by atoms with Gasteiger partial charge in [0.2, 0.25) is 26.2 Å². The molecule has 0 aliphatic heterocycles. The molecule has 0 aliphatic rings. The number of benzene rings is 1. The van der Waals surface area contributed by atoms with Crippen LogP contribution in [0.25, 0.3) is 0 Å². The van der Waals surface area contributed by atoms with Gasteiger partial charge in [-0.15, -0.1) is 10.2 Å². The molecule has 2 aromatic rings. The second kappa shape index (κ2) is 7.43. The Morgan fingerprint density at radius 3 is 2.61 bits per heavy atom. The molecule has 0 spiro atoms. The standard InChI is InChI=1S/C12H12Cl2N4O3S2/c1-23(20,21)18-12-17-16-11(22-12)15-10(19)5-3-7-2-4-8(13)6-9(7)14/h2,4,6H,3,5H2,1H3,(H,17,18)(H,15,16,19). The summed E-state index contributed by atoms with van der Waals surface area (Å²) >= 11 is 12.8. The summed E-state index contributed by atoms with van der Waals surface area (Å²) in [7, 11) is -3.43. The fourth-order valence-corrected chi connectivity index (χ4v) is 3.62. The number of sulfonamides is 1. The Kier molecular flexibility index (Phi) is 5.79. The third kappa shape index (κ3) is 5.94. The Bertz CT molecular complexity index is 823. The summed E-state index contributed by atoms with van der Waals surface area (Å²) in [6.07, 6.45) is 1.63. The molecular weight excluding hydrogens is 383 g/mol. The van der Waals surface area contributed by atoms with E-state index in [-0.39, 0.29) is 22.6 Å². The Morgan fingerprint density at radius 2 is 1.96 bits per heavy atom. The highest BCUT2D eigenvalue weighted by Gasteiger charge is 2.11.